The van der Waals surface area contributed by atoms with Gasteiger partial charge in [0, 0.05) is 38.8 Å². The number of piperidine rings is 1. The van der Waals surface area contributed by atoms with Crippen molar-refractivity contribution >= 4 is 27.3 Å². The van der Waals surface area contributed by atoms with Gasteiger partial charge in [-0.3, -0.25) is 9.10 Å². The number of carbonyl (C=O) groups excluding carboxylic acids is 1. The Balaban J connectivity index is 1.51. The normalized spacial score (nSPS) is 29.6. The molecule has 31 heavy (non-hydrogen) atoms. The second-order valence-corrected chi connectivity index (χ2v) is 11.4. The number of benzene rings is 1. The standard InChI is InChI=1S/C22H32FN3O4S/c1-24(31(2,29)30)17-6-9-20(19(23)14-17)25-12-3-10-22(15-25)11-13-26(21(22)28)16-4-7-18(27)8-5-16/h6,9,14,16,18,27H,3-5,7-8,10-13,15H2,1-2H3. The summed E-state index contributed by atoms with van der Waals surface area (Å²) in [7, 11) is -2.07. The van der Waals surface area contributed by atoms with E-state index in [1.807, 2.05) is 9.80 Å². The van der Waals surface area contributed by atoms with Crippen LogP contribution < -0.4 is 9.21 Å². The lowest BCUT2D eigenvalue weighted by Gasteiger charge is -2.41. The smallest absolute Gasteiger partial charge is 0.231 e. The Morgan fingerprint density at radius 1 is 1.16 bits per heavy atom. The molecule has 1 aliphatic carbocycles. The molecule has 1 unspecified atom stereocenters. The predicted octanol–water partition coefficient (Wildman–Crippen LogP) is 2.34. The maximum Gasteiger partial charge on any atom is 0.231 e. The van der Waals surface area contributed by atoms with Crippen LogP contribution in [-0.4, -0.2) is 69.4 Å². The zero-order valence-corrected chi connectivity index (χ0v) is 19.1. The minimum atomic E-state index is -3.47. The Labute approximate surface area is 183 Å². The van der Waals surface area contributed by atoms with E-state index in [-0.39, 0.29) is 23.7 Å². The number of sulfonamides is 1. The summed E-state index contributed by atoms with van der Waals surface area (Å²) in [5.41, 5.74) is 0.207. The van der Waals surface area contributed by atoms with Gasteiger partial charge in [-0.15, -0.1) is 0 Å². The van der Waals surface area contributed by atoms with Crippen molar-refractivity contribution < 1.29 is 22.7 Å². The van der Waals surface area contributed by atoms with E-state index in [1.54, 1.807) is 12.1 Å². The summed E-state index contributed by atoms with van der Waals surface area (Å²) in [4.78, 5) is 17.4. The second-order valence-electron chi connectivity index (χ2n) is 9.38. The van der Waals surface area contributed by atoms with E-state index in [9.17, 15) is 22.7 Å². The van der Waals surface area contributed by atoms with Crippen molar-refractivity contribution in [2.45, 2.75) is 57.1 Å². The summed E-state index contributed by atoms with van der Waals surface area (Å²) in [6.45, 7) is 1.88. The van der Waals surface area contributed by atoms with Crippen LogP contribution in [-0.2, 0) is 14.8 Å². The largest absolute Gasteiger partial charge is 0.393 e. The number of amides is 1. The van der Waals surface area contributed by atoms with Gasteiger partial charge in [0.2, 0.25) is 15.9 Å². The highest BCUT2D eigenvalue weighted by atomic mass is 32.2. The maximum absolute atomic E-state index is 15.0. The van der Waals surface area contributed by atoms with Crippen LogP contribution in [0.3, 0.4) is 0 Å². The monoisotopic (exact) mass is 453 g/mol. The molecule has 1 N–H and O–H groups in total. The third kappa shape index (κ3) is 4.26. The molecule has 1 saturated carbocycles. The summed E-state index contributed by atoms with van der Waals surface area (Å²) >= 11 is 0. The Morgan fingerprint density at radius 3 is 2.52 bits per heavy atom. The Bertz CT molecular complexity index is 948. The van der Waals surface area contributed by atoms with Gasteiger partial charge in [-0.25, -0.2) is 12.8 Å². The SMILES string of the molecule is CN(c1ccc(N2CCCC3(CCN(C4CCC(O)CC4)C3=O)C2)c(F)c1)S(C)(=O)=O. The van der Waals surface area contributed by atoms with Gasteiger partial charge in [0.05, 0.1) is 29.1 Å². The van der Waals surface area contributed by atoms with E-state index in [1.165, 1.54) is 13.1 Å². The molecule has 2 aliphatic heterocycles. The molecule has 1 aromatic carbocycles. The zero-order valence-electron chi connectivity index (χ0n) is 18.3. The van der Waals surface area contributed by atoms with Crippen molar-refractivity contribution in [2.75, 3.05) is 42.1 Å². The van der Waals surface area contributed by atoms with E-state index >= 15 is 0 Å². The second kappa shape index (κ2) is 8.24. The number of hydrogen-bond acceptors (Lipinski definition) is 5. The molecule has 0 radical (unpaired) electrons. The van der Waals surface area contributed by atoms with Crippen LogP contribution in [0, 0.1) is 11.2 Å². The van der Waals surface area contributed by atoms with Crippen LogP contribution in [0.2, 0.25) is 0 Å². The fourth-order valence-corrected chi connectivity index (χ4v) is 5.92. The number of halogens is 1. The van der Waals surface area contributed by atoms with Crippen molar-refractivity contribution in [3.8, 4) is 0 Å². The lowest BCUT2D eigenvalue weighted by molar-refractivity contribution is -0.139. The molecule has 1 amide bonds. The quantitative estimate of drug-likeness (QED) is 0.757. The Kier molecular flexibility index (Phi) is 5.93. The number of hydrogen-bond donors (Lipinski definition) is 1. The van der Waals surface area contributed by atoms with Gasteiger partial charge in [0.15, 0.2) is 0 Å². The number of aliphatic hydroxyl groups is 1. The molecule has 0 aromatic heterocycles. The Hall–Kier alpha value is -1.87. The van der Waals surface area contributed by atoms with Gasteiger partial charge in [-0.2, -0.15) is 0 Å². The summed E-state index contributed by atoms with van der Waals surface area (Å²) in [6, 6.07) is 4.67. The average molecular weight is 454 g/mol. The van der Waals surface area contributed by atoms with Crippen LogP contribution in [0.4, 0.5) is 15.8 Å². The number of carbonyl (C=O) groups is 1. The predicted molar refractivity (Wildman–Crippen MR) is 118 cm³/mol. The molecule has 3 aliphatic rings. The van der Waals surface area contributed by atoms with Gasteiger partial charge in [-0.05, 0) is 57.1 Å². The van der Waals surface area contributed by atoms with Crippen molar-refractivity contribution in [1.29, 1.82) is 0 Å². The van der Waals surface area contributed by atoms with Crippen LogP contribution in [0.1, 0.15) is 44.9 Å². The molecule has 4 rings (SSSR count). The molecule has 9 heteroatoms. The van der Waals surface area contributed by atoms with Crippen molar-refractivity contribution in [3.63, 3.8) is 0 Å². The molecule has 1 atom stereocenters. The highest BCUT2D eigenvalue weighted by Crippen LogP contribution is 2.44. The number of nitrogens with zero attached hydrogens (tertiary/aromatic N) is 3. The van der Waals surface area contributed by atoms with Gasteiger partial charge < -0.3 is 14.9 Å². The van der Waals surface area contributed by atoms with Crippen molar-refractivity contribution in [1.82, 2.24) is 4.90 Å². The van der Waals surface area contributed by atoms with Crippen LogP contribution >= 0.6 is 0 Å². The number of rotatable bonds is 4. The third-order valence-electron chi connectivity index (χ3n) is 7.36. The summed E-state index contributed by atoms with van der Waals surface area (Å²) in [6.07, 6.45) is 6.40. The van der Waals surface area contributed by atoms with E-state index < -0.39 is 21.3 Å². The topological polar surface area (TPSA) is 81.2 Å². The molecular formula is C22H32FN3O4S. The van der Waals surface area contributed by atoms with Gasteiger partial charge in [-0.1, -0.05) is 0 Å². The van der Waals surface area contributed by atoms with Crippen LogP contribution in [0.25, 0.3) is 0 Å². The van der Waals surface area contributed by atoms with E-state index in [0.29, 0.717) is 18.8 Å². The molecule has 1 aromatic rings. The van der Waals surface area contributed by atoms with Crippen LogP contribution in [0.15, 0.2) is 18.2 Å². The fourth-order valence-electron chi connectivity index (χ4n) is 5.42. The first-order valence-corrected chi connectivity index (χ1v) is 12.9. The first-order valence-electron chi connectivity index (χ1n) is 11.1. The summed E-state index contributed by atoms with van der Waals surface area (Å²) in [5, 5.41) is 9.78. The van der Waals surface area contributed by atoms with Crippen molar-refractivity contribution in [2.24, 2.45) is 5.41 Å². The number of likely N-dealkylation sites (tertiary alicyclic amines) is 1. The molecule has 3 fully saturated rings. The number of aliphatic hydroxyl groups excluding tert-OH is 1. The first kappa shape index (κ1) is 22.3. The molecule has 0 bridgehead atoms. The molecular weight excluding hydrogens is 421 g/mol. The van der Waals surface area contributed by atoms with Gasteiger partial charge in [0.25, 0.3) is 0 Å². The maximum atomic E-state index is 15.0. The highest BCUT2D eigenvalue weighted by molar-refractivity contribution is 7.92. The van der Waals surface area contributed by atoms with Crippen molar-refractivity contribution in [3.05, 3.63) is 24.0 Å². The minimum absolute atomic E-state index is 0.174. The lowest BCUT2D eigenvalue weighted by atomic mass is 9.78. The van der Waals surface area contributed by atoms with E-state index in [4.69, 9.17) is 0 Å². The summed E-state index contributed by atoms with van der Waals surface area (Å²) in [5.74, 6) is -0.305. The molecule has 172 valence electrons. The average Bonchev–Trinajstić information content (AvgIpc) is 3.03. The third-order valence-corrected chi connectivity index (χ3v) is 8.57. The molecule has 2 heterocycles. The van der Waals surface area contributed by atoms with E-state index in [0.717, 1.165) is 62.1 Å². The fraction of sp³-hybridized carbons (Fsp3) is 0.682. The van der Waals surface area contributed by atoms with Gasteiger partial charge >= 0.3 is 0 Å². The van der Waals surface area contributed by atoms with Crippen LogP contribution in [0.5, 0.6) is 0 Å². The number of anilines is 2. The van der Waals surface area contributed by atoms with E-state index in [2.05, 4.69) is 0 Å². The highest BCUT2D eigenvalue weighted by Gasteiger charge is 2.50. The molecule has 7 nitrogen and oxygen atoms in total. The molecule has 1 spiro atoms. The zero-order chi connectivity index (χ0) is 22.4. The lowest BCUT2D eigenvalue weighted by Crippen LogP contribution is -2.50. The minimum Gasteiger partial charge on any atom is -0.393 e. The Morgan fingerprint density at radius 2 is 1.87 bits per heavy atom. The first-order chi connectivity index (χ1) is 14.6. The molecule has 2 saturated heterocycles. The summed E-state index contributed by atoms with van der Waals surface area (Å²) < 4.78 is 39.5. The van der Waals surface area contributed by atoms with Gasteiger partial charge in [0.1, 0.15) is 5.82 Å².